The number of methoxy groups -OCH3 is 1. The molecule has 2 rings (SSSR count). The van der Waals surface area contributed by atoms with Crippen LogP contribution in [0.3, 0.4) is 0 Å². The molecule has 2 amide bonds. The zero-order valence-electron chi connectivity index (χ0n) is 13.2. The number of ether oxygens (including phenoxy) is 1. The van der Waals surface area contributed by atoms with Crippen LogP contribution in [0.2, 0.25) is 0 Å². The number of halogens is 1. The van der Waals surface area contributed by atoms with Gasteiger partial charge in [-0.2, -0.15) is 0 Å². The number of amides is 2. The molecule has 0 aromatic heterocycles. The Morgan fingerprint density at radius 1 is 1.36 bits per heavy atom. The van der Waals surface area contributed by atoms with Gasteiger partial charge in [0.1, 0.15) is 5.82 Å². The SMILES string of the molecule is CC[C@H](COC)NC(=O)Nc1cc(F)cc(N2CCCC2)c1. The first-order valence-corrected chi connectivity index (χ1v) is 7.74. The van der Waals surface area contributed by atoms with Crippen molar-refractivity contribution in [2.24, 2.45) is 0 Å². The number of hydrogen-bond acceptors (Lipinski definition) is 3. The first-order chi connectivity index (χ1) is 10.6. The van der Waals surface area contributed by atoms with E-state index < -0.39 is 0 Å². The van der Waals surface area contributed by atoms with Crippen molar-refractivity contribution in [1.29, 1.82) is 0 Å². The number of nitrogens with zero attached hydrogens (tertiary/aromatic N) is 1. The molecule has 6 heteroatoms. The van der Waals surface area contributed by atoms with Crippen LogP contribution >= 0.6 is 0 Å². The number of urea groups is 1. The van der Waals surface area contributed by atoms with Crippen molar-refractivity contribution in [3.63, 3.8) is 0 Å². The zero-order valence-corrected chi connectivity index (χ0v) is 13.2. The fraction of sp³-hybridized carbons (Fsp3) is 0.562. The lowest BCUT2D eigenvalue weighted by atomic mass is 10.2. The Morgan fingerprint density at radius 2 is 2.09 bits per heavy atom. The maximum atomic E-state index is 13.8. The molecule has 0 radical (unpaired) electrons. The van der Waals surface area contributed by atoms with Crippen LogP contribution in [0.15, 0.2) is 18.2 Å². The van der Waals surface area contributed by atoms with Crippen molar-refractivity contribution < 1.29 is 13.9 Å². The number of benzene rings is 1. The molecular formula is C16H24FN3O2. The summed E-state index contributed by atoms with van der Waals surface area (Å²) in [6.45, 7) is 4.28. The molecule has 0 spiro atoms. The Morgan fingerprint density at radius 3 is 2.73 bits per heavy atom. The van der Waals surface area contributed by atoms with Gasteiger partial charge in [0.15, 0.2) is 0 Å². The van der Waals surface area contributed by atoms with E-state index in [-0.39, 0.29) is 17.9 Å². The van der Waals surface area contributed by atoms with E-state index in [9.17, 15) is 9.18 Å². The highest BCUT2D eigenvalue weighted by molar-refractivity contribution is 5.90. The van der Waals surface area contributed by atoms with Crippen LogP contribution in [0, 0.1) is 5.82 Å². The highest BCUT2D eigenvalue weighted by Crippen LogP contribution is 2.25. The number of carbonyl (C=O) groups is 1. The molecule has 1 heterocycles. The lowest BCUT2D eigenvalue weighted by Gasteiger charge is -2.20. The average Bonchev–Trinajstić information content (AvgIpc) is 3.00. The number of nitrogens with one attached hydrogen (secondary N) is 2. The summed E-state index contributed by atoms with van der Waals surface area (Å²) >= 11 is 0. The number of anilines is 2. The maximum absolute atomic E-state index is 13.8. The van der Waals surface area contributed by atoms with Crippen molar-refractivity contribution in [3.05, 3.63) is 24.0 Å². The van der Waals surface area contributed by atoms with Crippen molar-refractivity contribution in [3.8, 4) is 0 Å². The van der Waals surface area contributed by atoms with E-state index in [2.05, 4.69) is 15.5 Å². The lowest BCUT2D eigenvalue weighted by molar-refractivity contribution is 0.165. The van der Waals surface area contributed by atoms with Gasteiger partial charge in [0.25, 0.3) is 0 Å². The van der Waals surface area contributed by atoms with Gasteiger partial charge in [-0.05, 0) is 37.5 Å². The van der Waals surface area contributed by atoms with E-state index in [4.69, 9.17) is 4.74 Å². The van der Waals surface area contributed by atoms with Crippen molar-refractivity contribution >= 4 is 17.4 Å². The van der Waals surface area contributed by atoms with E-state index in [0.29, 0.717) is 12.3 Å². The second-order valence-electron chi connectivity index (χ2n) is 5.55. The maximum Gasteiger partial charge on any atom is 0.319 e. The van der Waals surface area contributed by atoms with Crippen LogP contribution in [0.1, 0.15) is 26.2 Å². The zero-order chi connectivity index (χ0) is 15.9. The molecule has 0 saturated carbocycles. The van der Waals surface area contributed by atoms with E-state index in [1.807, 2.05) is 13.0 Å². The molecule has 0 bridgehead atoms. The third kappa shape index (κ3) is 4.59. The molecule has 1 saturated heterocycles. The predicted molar refractivity (Wildman–Crippen MR) is 86.0 cm³/mol. The molecule has 1 aromatic carbocycles. The van der Waals surface area contributed by atoms with Crippen LogP contribution < -0.4 is 15.5 Å². The minimum Gasteiger partial charge on any atom is -0.383 e. The molecule has 1 atom stereocenters. The van der Waals surface area contributed by atoms with Crippen molar-refractivity contribution in [2.45, 2.75) is 32.2 Å². The minimum absolute atomic E-state index is 0.0587. The summed E-state index contributed by atoms with van der Waals surface area (Å²) in [4.78, 5) is 14.1. The largest absolute Gasteiger partial charge is 0.383 e. The van der Waals surface area contributed by atoms with Crippen LogP contribution in [-0.2, 0) is 4.74 Å². The van der Waals surface area contributed by atoms with Gasteiger partial charge in [-0.3, -0.25) is 0 Å². The third-order valence-electron chi connectivity index (χ3n) is 3.81. The van der Waals surface area contributed by atoms with Crippen LogP contribution in [0.4, 0.5) is 20.6 Å². The highest BCUT2D eigenvalue weighted by atomic mass is 19.1. The molecular weight excluding hydrogens is 285 g/mol. The number of hydrogen-bond donors (Lipinski definition) is 2. The quantitative estimate of drug-likeness (QED) is 0.849. The van der Waals surface area contributed by atoms with Crippen LogP contribution in [-0.4, -0.2) is 38.9 Å². The summed E-state index contributed by atoms with van der Waals surface area (Å²) in [6.07, 6.45) is 3.01. The summed E-state index contributed by atoms with van der Waals surface area (Å²) in [7, 11) is 1.59. The van der Waals surface area contributed by atoms with Crippen LogP contribution in [0.25, 0.3) is 0 Å². The summed E-state index contributed by atoms with van der Waals surface area (Å²) in [6, 6.07) is 4.24. The Kier molecular flexibility index (Phi) is 6.00. The molecule has 22 heavy (non-hydrogen) atoms. The van der Waals surface area contributed by atoms with Gasteiger partial charge in [-0.1, -0.05) is 6.92 Å². The summed E-state index contributed by atoms with van der Waals surface area (Å²) in [5, 5.41) is 5.51. The summed E-state index contributed by atoms with van der Waals surface area (Å²) in [5.41, 5.74) is 1.28. The average molecular weight is 309 g/mol. The molecule has 1 aliphatic heterocycles. The highest BCUT2D eigenvalue weighted by Gasteiger charge is 2.15. The van der Waals surface area contributed by atoms with Crippen molar-refractivity contribution in [1.82, 2.24) is 5.32 Å². The van der Waals surface area contributed by atoms with Gasteiger partial charge in [0, 0.05) is 31.6 Å². The smallest absolute Gasteiger partial charge is 0.319 e. The summed E-state index contributed by atoms with van der Waals surface area (Å²) < 4.78 is 18.8. The van der Waals surface area contributed by atoms with E-state index in [1.54, 1.807) is 7.11 Å². The Bertz CT molecular complexity index is 504. The standard InChI is InChI=1S/C16H24FN3O2/c1-3-13(11-22-2)18-16(21)19-14-8-12(17)9-15(10-14)20-6-4-5-7-20/h8-10,13H,3-7,11H2,1-2H3,(H2,18,19,21)/t13-/m1/s1. The third-order valence-corrected chi connectivity index (χ3v) is 3.81. The first kappa shape index (κ1) is 16.5. The molecule has 2 N–H and O–H groups in total. The fourth-order valence-electron chi connectivity index (χ4n) is 2.62. The first-order valence-electron chi connectivity index (χ1n) is 7.74. The lowest BCUT2D eigenvalue weighted by Crippen LogP contribution is -2.40. The Labute approximate surface area is 130 Å². The van der Waals surface area contributed by atoms with E-state index >= 15 is 0 Å². The molecule has 1 aromatic rings. The van der Waals surface area contributed by atoms with E-state index in [1.165, 1.54) is 12.1 Å². The van der Waals surface area contributed by atoms with Gasteiger partial charge in [-0.15, -0.1) is 0 Å². The molecule has 122 valence electrons. The minimum atomic E-state index is -0.345. The predicted octanol–water partition coefficient (Wildman–Crippen LogP) is 2.97. The summed E-state index contributed by atoms with van der Waals surface area (Å²) in [5.74, 6) is -0.344. The molecule has 5 nitrogen and oxygen atoms in total. The van der Waals surface area contributed by atoms with Gasteiger partial charge in [0.05, 0.1) is 12.6 Å². The van der Waals surface area contributed by atoms with Gasteiger partial charge >= 0.3 is 6.03 Å². The van der Waals surface area contributed by atoms with E-state index in [0.717, 1.165) is 38.0 Å². The van der Waals surface area contributed by atoms with Crippen LogP contribution in [0.5, 0.6) is 0 Å². The number of rotatable bonds is 6. The topological polar surface area (TPSA) is 53.6 Å². The van der Waals surface area contributed by atoms with Gasteiger partial charge in [-0.25, -0.2) is 9.18 Å². The molecule has 0 unspecified atom stereocenters. The molecule has 1 aliphatic rings. The van der Waals surface area contributed by atoms with Gasteiger partial charge in [0.2, 0.25) is 0 Å². The van der Waals surface area contributed by atoms with Crippen molar-refractivity contribution in [2.75, 3.05) is 37.0 Å². The Hall–Kier alpha value is -1.82. The second-order valence-corrected chi connectivity index (χ2v) is 5.55. The molecule has 0 aliphatic carbocycles. The monoisotopic (exact) mass is 309 g/mol. The fourth-order valence-corrected chi connectivity index (χ4v) is 2.62. The normalized spacial score (nSPS) is 15.7. The Balaban J connectivity index is 2.00. The van der Waals surface area contributed by atoms with Gasteiger partial charge < -0.3 is 20.3 Å². The second kappa shape index (κ2) is 7.98. The number of carbonyl (C=O) groups excluding carboxylic acids is 1. The molecule has 1 fully saturated rings.